The van der Waals surface area contributed by atoms with Crippen LogP contribution < -0.4 is 14.8 Å². The van der Waals surface area contributed by atoms with Crippen LogP contribution in [0, 0.1) is 19.8 Å². The van der Waals surface area contributed by atoms with Crippen molar-refractivity contribution in [1.82, 2.24) is 24.9 Å². The highest BCUT2D eigenvalue weighted by molar-refractivity contribution is 5.77. The molecule has 0 aliphatic carbocycles. The maximum Gasteiger partial charge on any atom is 0.252 e. The number of aromatic nitrogens is 4. The molecule has 0 bridgehead atoms. The topological polar surface area (TPSA) is 90.6 Å². The smallest absolute Gasteiger partial charge is 0.252 e. The first kappa shape index (κ1) is 20.1. The number of nitrogens with zero attached hydrogens (tertiary/aromatic N) is 4. The molecule has 1 atom stereocenters. The molecule has 158 valence electrons. The van der Waals surface area contributed by atoms with Crippen LogP contribution in [0.3, 0.4) is 0 Å². The molecule has 30 heavy (non-hydrogen) atoms. The summed E-state index contributed by atoms with van der Waals surface area (Å²) in [5.41, 5.74) is 3.90. The van der Waals surface area contributed by atoms with E-state index in [2.05, 4.69) is 34.2 Å². The molecular formula is C22H27N5O3. The van der Waals surface area contributed by atoms with Crippen LogP contribution in [0.1, 0.15) is 48.8 Å². The van der Waals surface area contributed by atoms with Gasteiger partial charge in [0.05, 0.1) is 6.04 Å². The average Bonchev–Trinajstić information content (AvgIpc) is 3.20. The number of hydrogen-bond donors (Lipinski definition) is 1. The number of aryl methyl sites for hydroxylation is 2. The fourth-order valence-corrected chi connectivity index (χ4v) is 3.89. The average molecular weight is 409 g/mol. The minimum Gasteiger partial charge on any atom is -0.486 e. The van der Waals surface area contributed by atoms with E-state index in [0.717, 1.165) is 34.0 Å². The Bertz CT molecular complexity index is 1080. The van der Waals surface area contributed by atoms with Crippen LogP contribution in [0.15, 0.2) is 24.5 Å². The molecule has 8 nitrogen and oxygen atoms in total. The molecule has 8 heteroatoms. The van der Waals surface area contributed by atoms with E-state index in [1.165, 1.54) is 6.33 Å². The fourth-order valence-electron chi connectivity index (χ4n) is 3.89. The molecule has 2 aromatic heterocycles. The van der Waals surface area contributed by atoms with Gasteiger partial charge in [0.1, 0.15) is 19.5 Å². The molecule has 0 unspecified atom stereocenters. The summed E-state index contributed by atoms with van der Waals surface area (Å²) < 4.78 is 13.0. The molecule has 0 saturated carbocycles. The highest BCUT2D eigenvalue weighted by Crippen LogP contribution is 2.34. The molecule has 0 radical (unpaired) electrons. The number of carbonyl (C=O) groups excluding carboxylic acids is 1. The van der Waals surface area contributed by atoms with Crippen molar-refractivity contribution in [3.63, 3.8) is 0 Å². The fraction of sp³-hybridized carbons (Fsp3) is 0.455. The van der Waals surface area contributed by atoms with Crippen molar-refractivity contribution in [3.05, 3.63) is 47.0 Å². The minimum absolute atomic E-state index is 0.000997. The van der Waals surface area contributed by atoms with Crippen molar-refractivity contribution < 1.29 is 14.3 Å². The van der Waals surface area contributed by atoms with E-state index in [-0.39, 0.29) is 17.9 Å². The first-order chi connectivity index (χ1) is 14.4. The molecule has 0 spiro atoms. The Morgan fingerprint density at radius 3 is 2.73 bits per heavy atom. The lowest BCUT2D eigenvalue weighted by atomic mass is 9.95. The predicted molar refractivity (Wildman–Crippen MR) is 112 cm³/mol. The molecule has 1 aromatic carbocycles. The van der Waals surface area contributed by atoms with E-state index in [4.69, 9.17) is 9.47 Å². The van der Waals surface area contributed by atoms with E-state index in [1.54, 1.807) is 4.52 Å². The summed E-state index contributed by atoms with van der Waals surface area (Å²) in [4.78, 5) is 21.4. The second kappa shape index (κ2) is 8.30. The Hall–Kier alpha value is -3.16. The third-order valence-electron chi connectivity index (χ3n) is 5.50. The summed E-state index contributed by atoms with van der Waals surface area (Å²) >= 11 is 0. The Kier molecular flexibility index (Phi) is 5.57. The molecule has 4 rings (SSSR count). The number of carbonyl (C=O) groups is 1. The highest BCUT2D eigenvalue weighted by atomic mass is 16.6. The van der Waals surface area contributed by atoms with Gasteiger partial charge in [-0.15, -0.1) is 0 Å². The number of nitrogens with one attached hydrogen (secondary N) is 1. The lowest BCUT2D eigenvalue weighted by Gasteiger charge is -2.25. The second-order valence-electron chi connectivity index (χ2n) is 7.93. The zero-order chi connectivity index (χ0) is 21.3. The quantitative estimate of drug-likeness (QED) is 0.673. The van der Waals surface area contributed by atoms with E-state index >= 15 is 0 Å². The third-order valence-corrected chi connectivity index (χ3v) is 5.50. The van der Waals surface area contributed by atoms with Crippen LogP contribution in [0.25, 0.3) is 5.78 Å². The van der Waals surface area contributed by atoms with Gasteiger partial charge in [0.2, 0.25) is 5.91 Å². The maximum absolute atomic E-state index is 12.8. The Morgan fingerprint density at radius 1 is 1.20 bits per heavy atom. The Labute approximate surface area is 175 Å². The van der Waals surface area contributed by atoms with Crippen LogP contribution in [0.4, 0.5) is 0 Å². The lowest BCUT2D eigenvalue weighted by Crippen LogP contribution is -2.32. The zero-order valence-corrected chi connectivity index (χ0v) is 17.8. The standard InChI is InChI=1S/C22H27N5O3/c1-13(2)21(16-5-7-18-19(11-16)30-10-9-29-18)26-20(28)8-6-17-14(3)25-22-23-12-24-27(22)15(17)4/h5,7,11-13,21H,6,8-10H2,1-4H3,(H,26,28)/t21-/m1/s1. The minimum atomic E-state index is -0.105. The van der Waals surface area contributed by atoms with E-state index < -0.39 is 0 Å². The SMILES string of the molecule is Cc1nc2ncnn2c(C)c1CCC(=O)N[C@@H](c1ccc2c(c1)OCCO2)C(C)C. The maximum atomic E-state index is 12.8. The van der Waals surface area contributed by atoms with Crippen LogP contribution in [0.5, 0.6) is 11.5 Å². The van der Waals surface area contributed by atoms with Crippen molar-refractivity contribution in [2.24, 2.45) is 5.92 Å². The largest absolute Gasteiger partial charge is 0.486 e. The summed E-state index contributed by atoms with van der Waals surface area (Å²) in [7, 11) is 0. The molecule has 1 N–H and O–H groups in total. The number of rotatable bonds is 6. The van der Waals surface area contributed by atoms with E-state index in [9.17, 15) is 4.79 Å². The van der Waals surface area contributed by atoms with E-state index in [0.29, 0.717) is 31.8 Å². The van der Waals surface area contributed by atoms with Gasteiger partial charge in [-0.1, -0.05) is 19.9 Å². The third kappa shape index (κ3) is 3.94. The number of benzene rings is 1. The molecular weight excluding hydrogens is 382 g/mol. The van der Waals surface area contributed by atoms with Gasteiger partial charge in [-0.05, 0) is 49.4 Å². The number of amides is 1. The number of ether oxygens (including phenoxy) is 2. The van der Waals surface area contributed by atoms with Crippen molar-refractivity contribution >= 4 is 11.7 Å². The predicted octanol–water partition coefficient (Wildman–Crippen LogP) is 2.96. The zero-order valence-electron chi connectivity index (χ0n) is 17.8. The molecule has 1 aliphatic heterocycles. The molecule has 3 aromatic rings. The van der Waals surface area contributed by atoms with Crippen molar-refractivity contribution in [1.29, 1.82) is 0 Å². The monoisotopic (exact) mass is 409 g/mol. The molecule has 3 heterocycles. The second-order valence-corrected chi connectivity index (χ2v) is 7.93. The van der Waals surface area contributed by atoms with Crippen LogP contribution >= 0.6 is 0 Å². The van der Waals surface area contributed by atoms with Crippen molar-refractivity contribution in [3.8, 4) is 11.5 Å². The summed E-state index contributed by atoms with van der Waals surface area (Å²) in [6.45, 7) is 9.22. The van der Waals surface area contributed by atoms with Crippen molar-refractivity contribution in [2.75, 3.05) is 13.2 Å². The summed E-state index contributed by atoms with van der Waals surface area (Å²) in [6.07, 6.45) is 2.46. The van der Waals surface area contributed by atoms with Crippen LogP contribution in [-0.4, -0.2) is 38.7 Å². The van der Waals surface area contributed by atoms with Crippen molar-refractivity contribution in [2.45, 2.75) is 46.6 Å². The van der Waals surface area contributed by atoms with Gasteiger partial charge in [-0.25, -0.2) is 9.50 Å². The van der Waals surface area contributed by atoms with Gasteiger partial charge in [0.15, 0.2) is 11.5 Å². The number of fused-ring (bicyclic) bond motifs is 2. The van der Waals surface area contributed by atoms with Gasteiger partial charge in [-0.3, -0.25) is 4.79 Å². The summed E-state index contributed by atoms with van der Waals surface area (Å²) in [5.74, 6) is 2.30. The first-order valence-electron chi connectivity index (χ1n) is 10.3. The lowest BCUT2D eigenvalue weighted by molar-refractivity contribution is -0.122. The van der Waals surface area contributed by atoms with Gasteiger partial charge in [0.25, 0.3) is 5.78 Å². The van der Waals surface area contributed by atoms with Crippen LogP contribution in [0.2, 0.25) is 0 Å². The Morgan fingerprint density at radius 2 is 1.97 bits per heavy atom. The summed E-state index contributed by atoms with van der Waals surface area (Å²) in [6, 6.07) is 5.77. The molecule has 1 aliphatic rings. The molecule has 0 saturated heterocycles. The highest BCUT2D eigenvalue weighted by Gasteiger charge is 2.22. The molecule has 1 amide bonds. The first-order valence-corrected chi connectivity index (χ1v) is 10.3. The summed E-state index contributed by atoms with van der Waals surface area (Å²) in [5, 5.41) is 7.40. The van der Waals surface area contributed by atoms with Gasteiger partial charge < -0.3 is 14.8 Å². The molecule has 0 fully saturated rings. The van der Waals surface area contributed by atoms with Gasteiger partial charge in [0, 0.05) is 17.8 Å². The Balaban J connectivity index is 1.47. The van der Waals surface area contributed by atoms with Gasteiger partial charge in [-0.2, -0.15) is 10.1 Å². The van der Waals surface area contributed by atoms with E-state index in [1.807, 2.05) is 32.0 Å². The normalized spacial score (nSPS) is 14.2. The van der Waals surface area contributed by atoms with Crippen LogP contribution in [-0.2, 0) is 11.2 Å². The van der Waals surface area contributed by atoms with Gasteiger partial charge >= 0.3 is 0 Å². The number of hydrogen-bond acceptors (Lipinski definition) is 6.